The number of carbonyl (C=O) groups is 2. The lowest BCUT2D eigenvalue weighted by atomic mass is 10.1. The van der Waals surface area contributed by atoms with Crippen LogP contribution in [0.3, 0.4) is 0 Å². The Bertz CT molecular complexity index is 813. The first-order chi connectivity index (χ1) is 12.1. The third-order valence-corrected chi connectivity index (χ3v) is 5.10. The van der Waals surface area contributed by atoms with Crippen LogP contribution >= 0.6 is 0 Å². The molecule has 1 saturated heterocycles. The fraction of sp³-hybridized carbons (Fsp3) is 0.368. The van der Waals surface area contributed by atoms with Crippen molar-refractivity contribution < 1.29 is 9.59 Å². The second-order valence-electron chi connectivity index (χ2n) is 6.72. The summed E-state index contributed by atoms with van der Waals surface area (Å²) >= 11 is 0. The standard InChI is InChI=1S/C19H22N4O2/c1-21-10-4-8-16(21)17-9-5-11-22(17)13-19(25)23-12-18(24)20-14-6-2-3-7-15(14)23/h2-4,6-8,10,17H,5,9,11-13H2,1H3,(H,20,24). The van der Waals surface area contributed by atoms with Crippen LogP contribution in [0.4, 0.5) is 11.4 Å². The number of para-hydroxylation sites is 2. The number of benzene rings is 1. The summed E-state index contributed by atoms with van der Waals surface area (Å²) in [5, 5.41) is 2.83. The second kappa shape index (κ2) is 6.37. The Balaban J connectivity index is 1.54. The molecule has 130 valence electrons. The van der Waals surface area contributed by atoms with Gasteiger partial charge in [0.25, 0.3) is 0 Å². The van der Waals surface area contributed by atoms with E-state index in [0.29, 0.717) is 12.2 Å². The van der Waals surface area contributed by atoms with Crippen LogP contribution in [0.1, 0.15) is 24.6 Å². The molecule has 0 saturated carbocycles. The molecule has 0 spiro atoms. The van der Waals surface area contributed by atoms with E-state index in [1.807, 2.05) is 43.6 Å². The number of carbonyl (C=O) groups excluding carboxylic acids is 2. The van der Waals surface area contributed by atoms with Gasteiger partial charge in [0, 0.05) is 18.9 Å². The highest BCUT2D eigenvalue weighted by Gasteiger charge is 2.32. The van der Waals surface area contributed by atoms with Crippen molar-refractivity contribution in [2.24, 2.45) is 7.05 Å². The van der Waals surface area contributed by atoms with Gasteiger partial charge in [0.2, 0.25) is 11.8 Å². The van der Waals surface area contributed by atoms with Gasteiger partial charge in [-0.25, -0.2) is 0 Å². The lowest BCUT2D eigenvalue weighted by Crippen LogP contribution is -2.46. The molecule has 2 aliphatic rings. The highest BCUT2D eigenvalue weighted by Crippen LogP contribution is 2.33. The molecule has 3 heterocycles. The molecule has 2 aliphatic heterocycles. The predicted molar refractivity (Wildman–Crippen MR) is 96.4 cm³/mol. The molecular formula is C19H22N4O2. The molecule has 2 amide bonds. The Morgan fingerprint density at radius 3 is 2.88 bits per heavy atom. The number of amides is 2. The summed E-state index contributed by atoms with van der Waals surface area (Å²) in [5.41, 5.74) is 2.72. The van der Waals surface area contributed by atoms with E-state index in [9.17, 15) is 9.59 Å². The van der Waals surface area contributed by atoms with Crippen molar-refractivity contribution in [3.8, 4) is 0 Å². The molecule has 1 unspecified atom stereocenters. The summed E-state index contributed by atoms with van der Waals surface area (Å²) in [6.07, 6.45) is 4.18. The number of aryl methyl sites for hydroxylation is 1. The number of anilines is 2. The normalized spacial score (nSPS) is 20.4. The molecule has 1 aromatic carbocycles. The molecule has 25 heavy (non-hydrogen) atoms. The van der Waals surface area contributed by atoms with Crippen LogP contribution in [0.15, 0.2) is 42.6 Å². The smallest absolute Gasteiger partial charge is 0.244 e. The van der Waals surface area contributed by atoms with E-state index >= 15 is 0 Å². The molecule has 6 nitrogen and oxygen atoms in total. The molecule has 6 heteroatoms. The molecule has 4 rings (SSSR count). The maximum Gasteiger partial charge on any atom is 0.244 e. The molecule has 0 aliphatic carbocycles. The summed E-state index contributed by atoms with van der Waals surface area (Å²) in [6, 6.07) is 11.9. The van der Waals surface area contributed by atoms with Crippen molar-refractivity contribution in [2.45, 2.75) is 18.9 Å². The number of nitrogens with zero attached hydrogens (tertiary/aromatic N) is 3. The number of fused-ring (bicyclic) bond motifs is 1. The lowest BCUT2D eigenvalue weighted by Gasteiger charge is -2.32. The summed E-state index contributed by atoms with van der Waals surface area (Å²) in [4.78, 5) is 28.7. The average molecular weight is 338 g/mol. The zero-order chi connectivity index (χ0) is 17.4. The van der Waals surface area contributed by atoms with Crippen LogP contribution in [0.5, 0.6) is 0 Å². The van der Waals surface area contributed by atoms with Crippen LogP contribution in [0.25, 0.3) is 0 Å². The van der Waals surface area contributed by atoms with Crippen LogP contribution in [-0.2, 0) is 16.6 Å². The van der Waals surface area contributed by atoms with E-state index in [4.69, 9.17) is 0 Å². The zero-order valence-corrected chi connectivity index (χ0v) is 14.3. The fourth-order valence-electron chi connectivity index (χ4n) is 3.89. The first-order valence-electron chi connectivity index (χ1n) is 8.68. The maximum atomic E-state index is 13.0. The van der Waals surface area contributed by atoms with E-state index in [2.05, 4.69) is 20.9 Å². The molecule has 0 bridgehead atoms. The van der Waals surface area contributed by atoms with Gasteiger partial charge < -0.3 is 9.88 Å². The van der Waals surface area contributed by atoms with E-state index in [1.165, 1.54) is 5.69 Å². The van der Waals surface area contributed by atoms with Crippen molar-refractivity contribution in [1.82, 2.24) is 9.47 Å². The Labute approximate surface area is 147 Å². The highest BCUT2D eigenvalue weighted by atomic mass is 16.2. The minimum Gasteiger partial charge on any atom is -0.353 e. The van der Waals surface area contributed by atoms with Crippen LogP contribution in [0, 0.1) is 0 Å². The summed E-state index contributed by atoms with van der Waals surface area (Å²) < 4.78 is 2.12. The Morgan fingerprint density at radius 2 is 2.08 bits per heavy atom. The monoisotopic (exact) mass is 338 g/mol. The highest BCUT2D eigenvalue weighted by molar-refractivity contribution is 6.10. The SMILES string of the molecule is Cn1cccc1C1CCCN1CC(=O)N1CC(=O)Nc2ccccc21. The quantitative estimate of drug-likeness (QED) is 0.933. The summed E-state index contributed by atoms with van der Waals surface area (Å²) in [5.74, 6) is -0.170. The largest absolute Gasteiger partial charge is 0.353 e. The van der Waals surface area contributed by atoms with Crippen molar-refractivity contribution in [3.05, 3.63) is 48.3 Å². The number of likely N-dealkylation sites (tertiary alicyclic amines) is 1. The van der Waals surface area contributed by atoms with Crippen molar-refractivity contribution in [2.75, 3.05) is 29.9 Å². The number of rotatable bonds is 3. The molecule has 1 aromatic heterocycles. The van der Waals surface area contributed by atoms with E-state index in [0.717, 1.165) is 25.1 Å². The van der Waals surface area contributed by atoms with Crippen molar-refractivity contribution in [1.29, 1.82) is 0 Å². The number of aromatic nitrogens is 1. The molecule has 1 fully saturated rings. The van der Waals surface area contributed by atoms with Gasteiger partial charge in [-0.15, -0.1) is 0 Å². The third-order valence-electron chi connectivity index (χ3n) is 5.10. The van der Waals surface area contributed by atoms with Crippen LogP contribution < -0.4 is 10.2 Å². The first-order valence-corrected chi connectivity index (χ1v) is 8.68. The molecule has 2 aromatic rings. The zero-order valence-electron chi connectivity index (χ0n) is 14.3. The van der Waals surface area contributed by atoms with E-state index in [1.54, 1.807) is 4.90 Å². The van der Waals surface area contributed by atoms with Crippen molar-refractivity contribution >= 4 is 23.2 Å². The summed E-state index contributed by atoms with van der Waals surface area (Å²) in [7, 11) is 2.04. The van der Waals surface area contributed by atoms with Crippen LogP contribution in [0.2, 0.25) is 0 Å². The van der Waals surface area contributed by atoms with Gasteiger partial charge in [-0.1, -0.05) is 12.1 Å². The van der Waals surface area contributed by atoms with Crippen LogP contribution in [-0.4, -0.2) is 40.9 Å². The molecule has 1 atom stereocenters. The molecular weight excluding hydrogens is 316 g/mol. The van der Waals surface area contributed by atoms with Gasteiger partial charge in [-0.3, -0.25) is 19.4 Å². The second-order valence-corrected chi connectivity index (χ2v) is 6.72. The summed E-state index contributed by atoms with van der Waals surface area (Å²) in [6.45, 7) is 1.32. The Kier molecular flexibility index (Phi) is 4.05. The predicted octanol–water partition coefficient (Wildman–Crippen LogP) is 2.15. The number of hydrogen-bond donors (Lipinski definition) is 1. The topological polar surface area (TPSA) is 57.6 Å². The van der Waals surface area contributed by atoms with Gasteiger partial charge >= 0.3 is 0 Å². The molecule has 1 N–H and O–H groups in total. The number of nitrogens with one attached hydrogen (secondary N) is 1. The van der Waals surface area contributed by atoms with Gasteiger partial charge in [-0.2, -0.15) is 0 Å². The Morgan fingerprint density at radius 1 is 1.24 bits per heavy atom. The van der Waals surface area contributed by atoms with Gasteiger partial charge in [0.05, 0.1) is 24.0 Å². The van der Waals surface area contributed by atoms with E-state index < -0.39 is 0 Å². The first kappa shape index (κ1) is 15.9. The minimum absolute atomic E-state index is 0.0246. The van der Waals surface area contributed by atoms with Gasteiger partial charge in [-0.05, 0) is 43.7 Å². The average Bonchev–Trinajstić information content (AvgIpc) is 3.22. The molecule has 0 radical (unpaired) electrons. The fourth-order valence-corrected chi connectivity index (χ4v) is 3.89. The van der Waals surface area contributed by atoms with Gasteiger partial charge in [0.1, 0.15) is 6.54 Å². The van der Waals surface area contributed by atoms with E-state index in [-0.39, 0.29) is 24.4 Å². The lowest BCUT2D eigenvalue weighted by molar-refractivity contribution is -0.122. The Hall–Kier alpha value is -2.60. The third kappa shape index (κ3) is 2.93. The maximum absolute atomic E-state index is 13.0. The number of hydrogen-bond acceptors (Lipinski definition) is 3. The van der Waals surface area contributed by atoms with Crippen molar-refractivity contribution in [3.63, 3.8) is 0 Å². The van der Waals surface area contributed by atoms with Gasteiger partial charge in [0.15, 0.2) is 0 Å². The minimum atomic E-state index is -0.146.